The molecule has 2 heterocycles. The van der Waals surface area contributed by atoms with Crippen molar-refractivity contribution in [2.75, 3.05) is 6.54 Å². The highest BCUT2D eigenvalue weighted by molar-refractivity contribution is 5.69. The first kappa shape index (κ1) is 12.0. The third-order valence-electron chi connectivity index (χ3n) is 2.67. The average Bonchev–Trinajstić information content (AvgIpc) is 2.85. The highest BCUT2D eigenvalue weighted by Crippen LogP contribution is 2.32. The van der Waals surface area contributed by atoms with Gasteiger partial charge in [-0.15, -0.1) is 0 Å². The maximum absolute atomic E-state index is 12.0. The number of hydrogen-bond donors (Lipinski definition) is 0. The fourth-order valence-corrected chi connectivity index (χ4v) is 2.00. The summed E-state index contributed by atoms with van der Waals surface area (Å²) >= 11 is 0. The van der Waals surface area contributed by atoms with Crippen molar-refractivity contribution in [3.63, 3.8) is 0 Å². The largest absolute Gasteiger partial charge is 0.444 e. The summed E-state index contributed by atoms with van der Waals surface area (Å²) in [5, 5.41) is 3.68. The second-order valence-electron chi connectivity index (χ2n) is 5.25. The summed E-state index contributed by atoms with van der Waals surface area (Å²) in [4.78, 5) is 13.7. The molecule has 94 valence electrons. The summed E-state index contributed by atoms with van der Waals surface area (Å²) in [5.74, 6) is 0.730. The van der Waals surface area contributed by atoms with Crippen molar-refractivity contribution in [2.45, 2.75) is 45.3 Å². The van der Waals surface area contributed by atoms with Gasteiger partial charge in [-0.2, -0.15) is 0 Å². The minimum Gasteiger partial charge on any atom is -0.444 e. The van der Waals surface area contributed by atoms with Crippen LogP contribution < -0.4 is 0 Å². The summed E-state index contributed by atoms with van der Waals surface area (Å²) < 4.78 is 10.5. The summed E-state index contributed by atoms with van der Waals surface area (Å²) in [6.07, 6.45) is 3.18. The molecule has 0 bridgehead atoms. The number of carbonyl (C=O) groups is 1. The molecule has 0 aliphatic carbocycles. The molecule has 0 N–H and O–H groups in total. The van der Waals surface area contributed by atoms with Gasteiger partial charge in [-0.3, -0.25) is 4.90 Å². The van der Waals surface area contributed by atoms with Crippen LogP contribution in [-0.4, -0.2) is 28.3 Å². The second-order valence-corrected chi connectivity index (χ2v) is 5.25. The zero-order valence-electron chi connectivity index (χ0n) is 10.5. The van der Waals surface area contributed by atoms with E-state index in [4.69, 9.17) is 9.26 Å². The van der Waals surface area contributed by atoms with Gasteiger partial charge in [0.05, 0.1) is 12.2 Å². The molecule has 1 saturated heterocycles. The van der Waals surface area contributed by atoms with E-state index in [0.717, 1.165) is 18.6 Å². The van der Waals surface area contributed by atoms with Gasteiger partial charge >= 0.3 is 6.09 Å². The van der Waals surface area contributed by atoms with Crippen LogP contribution in [0.2, 0.25) is 0 Å². The molecule has 0 saturated carbocycles. The Hall–Kier alpha value is -1.52. The molecule has 0 unspecified atom stereocenters. The van der Waals surface area contributed by atoms with E-state index in [1.54, 1.807) is 17.2 Å². The van der Waals surface area contributed by atoms with Gasteiger partial charge in [-0.25, -0.2) is 4.79 Å². The van der Waals surface area contributed by atoms with Crippen LogP contribution in [-0.2, 0) is 4.74 Å². The fourth-order valence-electron chi connectivity index (χ4n) is 2.00. The predicted molar refractivity (Wildman–Crippen MR) is 61.4 cm³/mol. The van der Waals surface area contributed by atoms with Crippen LogP contribution in [0.5, 0.6) is 0 Å². The lowest BCUT2D eigenvalue weighted by Crippen LogP contribution is -2.36. The highest BCUT2D eigenvalue weighted by atomic mass is 16.6. The summed E-state index contributed by atoms with van der Waals surface area (Å²) in [7, 11) is 0. The first-order chi connectivity index (χ1) is 7.97. The molecule has 1 aromatic rings. The van der Waals surface area contributed by atoms with Crippen LogP contribution in [0.1, 0.15) is 45.4 Å². The second kappa shape index (κ2) is 4.39. The molecular formula is C12H18N2O3. The summed E-state index contributed by atoms with van der Waals surface area (Å²) in [5.41, 5.74) is -0.467. The SMILES string of the molecule is CC(C)(C)OC(=O)N1CCC[C@H]1c1ccno1. The lowest BCUT2D eigenvalue weighted by Gasteiger charge is -2.27. The quantitative estimate of drug-likeness (QED) is 0.754. The van der Waals surface area contributed by atoms with Gasteiger partial charge in [0.1, 0.15) is 5.60 Å². The normalized spacial score (nSPS) is 20.6. The number of amides is 1. The molecule has 0 aromatic carbocycles. The third-order valence-corrected chi connectivity index (χ3v) is 2.67. The van der Waals surface area contributed by atoms with Crippen molar-refractivity contribution in [1.82, 2.24) is 10.1 Å². The molecule has 0 radical (unpaired) electrons. The van der Waals surface area contributed by atoms with E-state index in [1.165, 1.54) is 0 Å². The van der Waals surface area contributed by atoms with Gasteiger partial charge < -0.3 is 9.26 Å². The Morgan fingerprint density at radius 2 is 2.35 bits per heavy atom. The number of ether oxygens (including phenoxy) is 1. The maximum Gasteiger partial charge on any atom is 0.410 e. The first-order valence-electron chi connectivity index (χ1n) is 5.87. The molecule has 1 aromatic heterocycles. The molecular weight excluding hydrogens is 220 g/mol. The first-order valence-corrected chi connectivity index (χ1v) is 5.87. The average molecular weight is 238 g/mol. The Morgan fingerprint density at radius 3 is 2.94 bits per heavy atom. The van der Waals surface area contributed by atoms with Gasteiger partial charge in [0.15, 0.2) is 5.76 Å². The van der Waals surface area contributed by atoms with E-state index < -0.39 is 5.60 Å². The summed E-state index contributed by atoms with van der Waals surface area (Å²) in [6, 6.07) is 1.76. The molecule has 5 heteroatoms. The lowest BCUT2D eigenvalue weighted by molar-refractivity contribution is 0.0204. The monoisotopic (exact) mass is 238 g/mol. The molecule has 17 heavy (non-hydrogen) atoms. The zero-order chi connectivity index (χ0) is 12.5. The van der Waals surface area contributed by atoms with Crippen LogP contribution in [0.25, 0.3) is 0 Å². The zero-order valence-corrected chi connectivity index (χ0v) is 10.5. The molecule has 1 aliphatic rings. The molecule has 1 aliphatic heterocycles. The van der Waals surface area contributed by atoms with Crippen molar-refractivity contribution in [3.8, 4) is 0 Å². The van der Waals surface area contributed by atoms with E-state index in [0.29, 0.717) is 6.54 Å². The third kappa shape index (κ3) is 2.78. The highest BCUT2D eigenvalue weighted by Gasteiger charge is 2.34. The fraction of sp³-hybridized carbons (Fsp3) is 0.667. The van der Waals surface area contributed by atoms with Crippen LogP contribution in [0.3, 0.4) is 0 Å². The Kier molecular flexibility index (Phi) is 3.09. The standard InChI is InChI=1S/C12H18N2O3/c1-12(2,3)16-11(15)14-8-4-5-9(14)10-6-7-13-17-10/h6-7,9H,4-5,8H2,1-3H3/t9-/m0/s1. The van der Waals surface area contributed by atoms with Crippen molar-refractivity contribution < 1.29 is 14.1 Å². The van der Waals surface area contributed by atoms with E-state index in [-0.39, 0.29) is 12.1 Å². The number of rotatable bonds is 1. The maximum atomic E-state index is 12.0. The molecule has 1 amide bonds. The van der Waals surface area contributed by atoms with E-state index in [9.17, 15) is 4.79 Å². The van der Waals surface area contributed by atoms with E-state index >= 15 is 0 Å². The van der Waals surface area contributed by atoms with Crippen molar-refractivity contribution >= 4 is 6.09 Å². The summed E-state index contributed by atoms with van der Waals surface area (Å²) in [6.45, 7) is 6.31. The van der Waals surface area contributed by atoms with Crippen LogP contribution >= 0.6 is 0 Å². The van der Waals surface area contributed by atoms with Crippen molar-refractivity contribution in [2.24, 2.45) is 0 Å². The number of aromatic nitrogens is 1. The lowest BCUT2D eigenvalue weighted by atomic mass is 10.2. The molecule has 0 spiro atoms. The van der Waals surface area contributed by atoms with E-state index in [2.05, 4.69) is 5.16 Å². The van der Waals surface area contributed by atoms with E-state index in [1.807, 2.05) is 20.8 Å². The Bertz CT molecular complexity index is 381. The Balaban J connectivity index is 2.07. The number of hydrogen-bond acceptors (Lipinski definition) is 4. The smallest absolute Gasteiger partial charge is 0.410 e. The van der Waals surface area contributed by atoms with Crippen molar-refractivity contribution in [3.05, 3.63) is 18.0 Å². The van der Waals surface area contributed by atoms with Gasteiger partial charge in [0.25, 0.3) is 0 Å². The Morgan fingerprint density at radius 1 is 1.59 bits per heavy atom. The molecule has 5 nitrogen and oxygen atoms in total. The minimum absolute atomic E-state index is 0.0349. The van der Waals surface area contributed by atoms with Crippen molar-refractivity contribution in [1.29, 1.82) is 0 Å². The van der Waals surface area contributed by atoms with Gasteiger partial charge in [-0.1, -0.05) is 5.16 Å². The molecule has 2 rings (SSSR count). The van der Waals surface area contributed by atoms with Gasteiger partial charge in [0.2, 0.25) is 0 Å². The number of carbonyl (C=O) groups excluding carboxylic acids is 1. The number of nitrogens with zero attached hydrogens (tertiary/aromatic N) is 2. The van der Waals surface area contributed by atoms with Crippen LogP contribution in [0.4, 0.5) is 4.79 Å². The van der Waals surface area contributed by atoms with Gasteiger partial charge in [0, 0.05) is 12.6 Å². The van der Waals surface area contributed by atoms with Crippen LogP contribution in [0.15, 0.2) is 16.8 Å². The molecule has 1 atom stereocenters. The minimum atomic E-state index is -0.467. The number of likely N-dealkylation sites (tertiary alicyclic amines) is 1. The predicted octanol–water partition coefficient (Wildman–Crippen LogP) is 2.75. The molecule has 1 fully saturated rings. The topological polar surface area (TPSA) is 55.6 Å². The van der Waals surface area contributed by atoms with Gasteiger partial charge in [-0.05, 0) is 33.6 Å². The van der Waals surface area contributed by atoms with Crippen LogP contribution in [0, 0.1) is 0 Å². The Labute approximate surface area is 101 Å².